The van der Waals surface area contributed by atoms with Crippen LogP contribution >= 0.6 is 28.1 Å². The highest BCUT2D eigenvalue weighted by molar-refractivity contribution is 9.10. The second-order valence-corrected chi connectivity index (χ2v) is 5.19. The number of halogens is 1. The normalized spacial score (nSPS) is 10.3. The number of aromatic nitrogens is 1. The summed E-state index contributed by atoms with van der Waals surface area (Å²) >= 11 is 8.43. The number of hydrogen-bond acceptors (Lipinski definition) is 4. The summed E-state index contributed by atoms with van der Waals surface area (Å²) in [4.78, 5) is 0.362. The summed E-state index contributed by atoms with van der Waals surface area (Å²) in [5.74, 6) is 0.788. The van der Waals surface area contributed by atoms with Crippen LogP contribution in [0.25, 0.3) is 0 Å². The third-order valence-corrected chi connectivity index (χ3v) is 3.10. The average molecular weight is 326 g/mol. The largest absolute Gasteiger partial charge is 0.389 e. The molecule has 6 heteroatoms. The van der Waals surface area contributed by atoms with E-state index in [2.05, 4.69) is 26.4 Å². The van der Waals surface area contributed by atoms with Crippen LogP contribution in [0.3, 0.4) is 0 Å². The molecule has 0 amide bonds. The Hall–Kier alpha value is -1.40. The summed E-state index contributed by atoms with van der Waals surface area (Å²) in [5.41, 5.74) is 8.20. The number of nitrogens with one attached hydrogen (secondary N) is 1. The molecule has 1 aromatic carbocycles. The molecule has 0 aliphatic rings. The second-order valence-electron chi connectivity index (χ2n) is 3.84. The zero-order valence-electron chi connectivity index (χ0n) is 9.74. The fourth-order valence-electron chi connectivity index (χ4n) is 1.56. The molecule has 0 spiro atoms. The SMILES string of the molecule is Cc1cc(CNc2cc(Br)ccc2C(N)=S)no1. The lowest BCUT2D eigenvalue weighted by molar-refractivity contribution is 0.391. The zero-order chi connectivity index (χ0) is 13.1. The third kappa shape index (κ3) is 3.08. The Balaban J connectivity index is 2.17. The molecule has 0 unspecified atom stereocenters. The van der Waals surface area contributed by atoms with Crippen LogP contribution < -0.4 is 11.1 Å². The first-order chi connectivity index (χ1) is 8.56. The Morgan fingerprint density at radius 3 is 2.89 bits per heavy atom. The highest BCUT2D eigenvalue weighted by atomic mass is 79.9. The maximum atomic E-state index is 5.68. The van der Waals surface area contributed by atoms with E-state index in [0.29, 0.717) is 11.5 Å². The van der Waals surface area contributed by atoms with E-state index in [4.69, 9.17) is 22.5 Å². The Morgan fingerprint density at radius 2 is 2.28 bits per heavy atom. The predicted octanol–water partition coefficient (Wildman–Crippen LogP) is 2.99. The summed E-state index contributed by atoms with van der Waals surface area (Å²) in [6.07, 6.45) is 0. The van der Waals surface area contributed by atoms with Crippen molar-refractivity contribution in [3.63, 3.8) is 0 Å². The number of nitrogens with two attached hydrogens (primary N) is 1. The molecule has 0 saturated carbocycles. The van der Waals surface area contributed by atoms with Crippen LogP contribution in [0, 0.1) is 6.92 Å². The van der Waals surface area contributed by atoms with E-state index in [1.54, 1.807) is 0 Å². The van der Waals surface area contributed by atoms with Crippen LogP contribution in [0.2, 0.25) is 0 Å². The van der Waals surface area contributed by atoms with Gasteiger partial charge >= 0.3 is 0 Å². The number of nitrogens with zero attached hydrogens (tertiary/aromatic N) is 1. The minimum Gasteiger partial charge on any atom is -0.389 e. The molecule has 0 saturated heterocycles. The van der Waals surface area contributed by atoms with Gasteiger partial charge in [0.15, 0.2) is 0 Å². The minimum absolute atomic E-state index is 0.362. The fourth-order valence-corrected chi connectivity index (χ4v) is 2.10. The van der Waals surface area contributed by atoms with Gasteiger partial charge in [0.1, 0.15) is 16.4 Å². The number of hydrogen-bond donors (Lipinski definition) is 2. The van der Waals surface area contributed by atoms with Gasteiger partial charge in [0.05, 0.1) is 6.54 Å². The molecule has 2 aromatic rings. The van der Waals surface area contributed by atoms with Crippen LogP contribution in [-0.4, -0.2) is 10.1 Å². The van der Waals surface area contributed by atoms with Crippen molar-refractivity contribution in [1.29, 1.82) is 0 Å². The van der Waals surface area contributed by atoms with E-state index in [1.807, 2.05) is 31.2 Å². The van der Waals surface area contributed by atoms with Crippen molar-refractivity contribution < 1.29 is 4.52 Å². The smallest absolute Gasteiger partial charge is 0.133 e. The fraction of sp³-hybridized carbons (Fsp3) is 0.167. The molecule has 94 valence electrons. The summed E-state index contributed by atoms with van der Waals surface area (Å²) in [7, 11) is 0. The van der Waals surface area contributed by atoms with E-state index < -0.39 is 0 Å². The molecule has 0 atom stereocenters. The number of aryl methyl sites for hydroxylation is 1. The highest BCUT2D eigenvalue weighted by Crippen LogP contribution is 2.22. The molecule has 3 N–H and O–H groups in total. The first-order valence-electron chi connectivity index (χ1n) is 5.31. The number of thiocarbonyl (C=S) groups is 1. The summed E-state index contributed by atoms with van der Waals surface area (Å²) in [5, 5.41) is 7.16. The number of benzene rings is 1. The van der Waals surface area contributed by atoms with E-state index >= 15 is 0 Å². The molecular weight excluding hydrogens is 314 g/mol. The first-order valence-corrected chi connectivity index (χ1v) is 6.52. The van der Waals surface area contributed by atoms with Gasteiger partial charge in [-0.25, -0.2) is 0 Å². The Bertz CT molecular complexity index is 582. The topological polar surface area (TPSA) is 64.1 Å². The minimum atomic E-state index is 0.362. The van der Waals surface area contributed by atoms with Gasteiger partial charge in [0, 0.05) is 21.8 Å². The van der Waals surface area contributed by atoms with Crippen LogP contribution in [0.5, 0.6) is 0 Å². The van der Waals surface area contributed by atoms with Gasteiger partial charge in [0.25, 0.3) is 0 Å². The number of rotatable bonds is 4. The molecule has 0 fully saturated rings. The van der Waals surface area contributed by atoms with Crippen molar-refractivity contribution in [1.82, 2.24) is 5.16 Å². The monoisotopic (exact) mass is 325 g/mol. The molecule has 0 aliphatic carbocycles. The maximum Gasteiger partial charge on any atom is 0.133 e. The Labute approximate surface area is 119 Å². The van der Waals surface area contributed by atoms with Gasteiger partial charge in [-0.1, -0.05) is 33.3 Å². The summed E-state index contributed by atoms with van der Waals surface area (Å²) in [6, 6.07) is 7.59. The highest BCUT2D eigenvalue weighted by Gasteiger charge is 2.07. The molecule has 0 aliphatic heterocycles. The van der Waals surface area contributed by atoms with Crippen LogP contribution in [-0.2, 0) is 6.54 Å². The van der Waals surface area contributed by atoms with Crippen molar-refractivity contribution in [2.45, 2.75) is 13.5 Å². The van der Waals surface area contributed by atoms with Crippen molar-refractivity contribution >= 4 is 38.8 Å². The molecule has 18 heavy (non-hydrogen) atoms. The lowest BCUT2D eigenvalue weighted by Crippen LogP contribution is -2.13. The Morgan fingerprint density at radius 1 is 1.50 bits per heavy atom. The van der Waals surface area contributed by atoms with Crippen molar-refractivity contribution in [2.24, 2.45) is 5.73 Å². The van der Waals surface area contributed by atoms with Crippen LogP contribution in [0.15, 0.2) is 33.3 Å². The standard InChI is InChI=1S/C12H12BrN3OS/c1-7-4-9(16-17-7)6-15-11-5-8(13)2-3-10(11)12(14)18/h2-5,15H,6H2,1H3,(H2,14,18). The van der Waals surface area contributed by atoms with E-state index in [9.17, 15) is 0 Å². The summed E-state index contributed by atoms with van der Waals surface area (Å²) < 4.78 is 5.96. The van der Waals surface area contributed by atoms with Crippen molar-refractivity contribution in [3.05, 3.63) is 45.8 Å². The van der Waals surface area contributed by atoms with Crippen molar-refractivity contribution in [3.8, 4) is 0 Å². The van der Waals surface area contributed by atoms with Gasteiger partial charge in [-0.15, -0.1) is 0 Å². The first kappa shape index (κ1) is 13.0. The molecule has 1 heterocycles. The second kappa shape index (κ2) is 5.49. The Kier molecular flexibility index (Phi) is 3.98. The van der Waals surface area contributed by atoms with Crippen LogP contribution in [0.1, 0.15) is 17.0 Å². The predicted molar refractivity (Wildman–Crippen MR) is 78.6 cm³/mol. The van der Waals surface area contributed by atoms with E-state index in [0.717, 1.165) is 27.2 Å². The maximum absolute atomic E-state index is 5.68. The van der Waals surface area contributed by atoms with Crippen LogP contribution in [0.4, 0.5) is 5.69 Å². The molecule has 0 bridgehead atoms. The molecule has 4 nitrogen and oxygen atoms in total. The quantitative estimate of drug-likeness (QED) is 0.846. The molecule has 1 aromatic heterocycles. The van der Waals surface area contributed by atoms with E-state index in [-0.39, 0.29) is 0 Å². The lowest BCUT2D eigenvalue weighted by atomic mass is 10.1. The van der Waals surface area contributed by atoms with Gasteiger partial charge in [-0.3, -0.25) is 0 Å². The third-order valence-electron chi connectivity index (χ3n) is 2.38. The average Bonchev–Trinajstić information content (AvgIpc) is 2.72. The van der Waals surface area contributed by atoms with Gasteiger partial charge in [0.2, 0.25) is 0 Å². The summed E-state index contributed by atoms with van der Waals surface area (Å²) in [6.45, 7) is 2.42. The van der Waals surface area contributed by atoms with Gasteiger partial charge in [-0.2, -0.15) is 0 Å². The van der Waals surface area contributed by atoms with Gasteiger partial charge < -0.3 is 15.6 Å². The van der Waals surface area contributed by atoms with Crippen molar-refractivity contribution in [2.75, 3.05) is 5.32 Å². The van der Waals surface area contributed by atoms with Gasteiger partial charge in [-0.05, 0) is 25.1 Å². The molecule has 2 rings (SSSR count). The molecule has 0 radical (unpaired) electrons. The van der Waals surface area contributed by atoms with E-state index in [1.165, 1.54) is 0 Å². The molecular formula is C12H12BrN3OS. The lowest BCUT2D eigenvalue weighted by Gasteiger charge is -2.10. The zero-order valence-corrected chi connectivity index (χ0v) is 12.1. The number of anilines is 1.